The van der Waals surface area contributed by atoms with E-state index in [1.54, 1.807) is 0 Å². The molecule has 0 aromatic carbocycles. The van der Waals surface area contributed by atoms with Crippen LogP contribution in [0.15, 0.2) is 23.3 Å². The van der Waals surface area contributed by atoms with Crippen molar-refractivity contribution in [3.63, 3.8) is 0 Å². The van der Waals surface area contributed by atoms with Gasteiger partial charge in [0.25, 0.3) is 0 Å². The molecule has 2 unspecified atom stereocenters. The van der Waals surface area contributed by atoms with Gasteiger partial charge in [-0.3, -0.25) is 4.79 Å². The second-order valence-electron chi connectivity index (χ2n) is 5.55. The Morgan fingerprint density at radius 1 is 1.59 bits per heavy atom. The topological polar surface area (TPSA) is 37.3 Å². The summed E-state index contributed by atoms with van der Waals surface area (Å²) >= 11 is 0. The molecule has 0 amide bonds. The number of carbonyl (C=O) groups is 1. The Labute approximate surface area is 104 Å². The first-order valence-corrected chi connectivity index (χ1v) is 6.45. The average Bonchev–Trinajstić information content (AvgIpc) is 2.28. The maximum Gasteiger partial charge on any atom is 0.145 e. The Kier molecular flexibility index (Phi) is 5.13. The third-order valence-corrected chi connectivity index (χ3v) is 3.68. The third-order valence-electron chi connectivity index (χ3n) is 3.68. The minimum absolute atomic E-state index is 0.289. The molecule has 1 aliphatic rings. The van der Waals surface area contributed by atoms with Crippen LogP contribution in [0.2, 0.25) is 0 Å². The van der Waals surface area contributed by atoms with Crippen LogP contribution in [-0.4, -0.2) is 17.0 Å². The highest BCUT2D eigenvalue weighted by Gasteiger charge is 2.31. The van der Waals surface area contributed by atoms with Crippen molar-refractivity contribution in [3.05, 3.63) is 23.3 Å². The second kappa shape index (κ2) is 6.15. The molecule has 2 atom stereocenters. The van der Waals surface area contributed by atoms with Crippen molar-refractivity contribution in [2.75, 3.05) is 0 Å². The summed E-state index contributed by atoms with van der Waals surface area (Å²) in [5.74, 6) is 0.289. The summed E-state index contributed by atoms with van der Waals surface area (Å²) in [6.45, 7) is 6.08. The number of rotatable bonds is 5. The van der Waals surface area contributed by atoms with Crippen LogP contribution in [0.25, 0.3) is 0 Å². The second-order valence-corrected chi connectivity index (χ2v) is 5.55. The first-order chi connectivity index (χ1) is 7.95. The highest BCUT2D eigenvalue weighted by atomic mass is 16.3. The molecular formula is C15H24O2. The van der Waals surface area contributed by atoms with Crippen LogP contribution in [0, 0.1) is 5.92 Å². The molecule has 1 rings (SSSR count). The van der Waals surface area contributed by atoms with E-state index in [-0.39, 0.29) is 5.92 Å². The van der Waals surface area contributed by atoms with Crippen LogP contribution in [0.1, 0.15) is 52.9 Å². The molecule has 17 heavy (non-hydrogen) atoms. The van der Waals surface area contributed by atoms with Crippen molar-refractivity contribution in [1.29, 1.82) is 0 Å². The zero-order chi connectivity index (χ0) is 12.9. The minimum atomic E-state index is -0.614. The van der Waals surface area contributed by atoms with Gasteiger partial charge in [0.05, 0.1) is 5.60 Å². The number of hydrogen-bond acceptors (Lipinski definition) is 2. The Bertz CT molecular complexity index is 320. The molecule has 0 aromatic heterocycles. The predicted molar refractivity (Wildman–Crippen MR) is 70.8 cm³/mol. The van der Waals surface area contributed by atoms with E-state index in [2.05, 4.69) is 19.9 Å². The SMILES string of the molecule is CC(C)=CCCC(C)(O)C1CC=C(C=O)CC1. The van der Waals surface area contributed by atoms with Crippen molar-refractivity contribution in [1.82, 2.24) is 0 Å². The van der Waals surface area contributed by atoms with Crippen molar-refractivity contribution >= 4 is 6.29 Å². The summed E-state index contributed by atoms with van der Waals surface area (Å²) in [5.41, 5.74) is 1.57. The summed E-state index contributed by atoms with van der Waals surface area (Å²) in [6.07, 6.45) is 9.38. The molecule has 0 saturated carbocycles. The molecule has 0 aliphatic heterocycles. The van der Waals surface area contributed by atoms with E-state index in [1.165, 1.54) is 5.57 Å². The quantitative estimate of drug-likeness (QED) is 0.586. The Morgan fingerprint density at radius 2 is 2.29 bits per heavy atom. The van der Waals surface area contributed by atoms with Gasteiger partial charge in [0.1, 0.15) is 6.29 Å². The number of aliphatic hydroxyl groups is 1. The molecule has 96 valence electrons. The number of aldehydes is 1. The van der Waals surface area contributed by atoms with E-state index in [0.717, 1.165) is 44.0 Å². The van der Waals surface area contributed by atoms with Crippen LogP contribution < -0.4 is 0 Å². The summed E-state index contributed by atoms with van der Waals surface area (Å²) in [5, 5.41) is 10.5. The van der Waals surface area contributed by atoms with E-state index >= 15 is 0 Å². The van der Waals surface area contributed by atoms with Crippen molar-refractivity contribution in [3.8, 4) is 0 Å². The largest absolute Gasteiger partial charge is 0.390 e. The molecule has 2 nitrogen and oxygen atoms in total. The van der Waals surface area contributed by atoms with Crippen LogP contribution in [-0.2, 0) is 4.79 Å². The van der Waals surface area contributed by atoms with Gasteiger partial charge in [-0.25, -0.2) is 0 Å². The lowest BCUT2D eigenvalue weighted by molar-refractivity contribution is -0.105. The number of carbonyl (C=O) groups excluding carboxylic acids is 1. The van der Waals surface area contributed by atoms with Crippen LogP contribution in [0.3, 0.4) is 0 Å². The Balaban J connectivity index is 2.51. The average molecular weight is 236 g/mol. The van der Waals surface area contributed by atoms with E-state index in [4.69, 9.17) is 0 Å². The van der Waals surface area contributed by atoms with Crippen molar-refractivity contribution < 1.29 is 9.90 Å². The third kappa shape index (κ3) is 4.47. The molecule has 2 heteroatoms. The lowest BCUT2D eigenvalue weighted by Crippen LogP contribution is -2.35. The fraction of sp³-hybridized carbons (Fsp3) is 0.667. The van der Waals surface area contributed by atoms with Gasteiger partial charge in [-0.2, -0.15) is 0 Å². The lowest BCUT2D eigenvalue weighted by Gasteiger charge is -2.34. The van der Waals surface area contributed by atoms with E-state index in [9.17, 15) is 9.90 Å². The van der Waals surface area contributed by atoms with E-state index < -0.39 is 5.60 Å². The van der Waals surface area contributed by atoms with Crippen molar-refractivity contribution in [2.24, 2.45) is 5.92 Å². The normalized spacial score (nSPS) is 23.5. The van der Waals surface area contributed by atoms with Gasteiger partial charge in [0, 0.05) is 0 Å². The molecule has 0 bridgehead atoms. The summed E-state index contributed by atoms with van der Waals surface area (Å²) < 4.78 is 0. The molecule has 1 aliphatic carbocycles. The summed E-state index contributed by atoms with van der Waals surface area (Å²) in [4.78, 5) is 10.6. The maximum absolute atomic E-state index is 10.6. The van der Waals surface area contributed by atoms with Gasteiger partial charge >= 0.3 is 0 Å². The first kappa shape index (κ1) is 14.2. The minimum Gasteiger partial charge on any atom is -0.390 e. The van der Waals surface area contributed by atoms with Crippen molar-refractivity contribution in [2.45, 2.75) is 58.5 Å². The van der Waals surface area contributed by atoms with E-state index in [0.29, 0.717) is 0 Å². The van der Waals surface area contributed by atoms with Gasteiger partial charge < -0.3 is 5.11 Å². The highest BCUT2D eigenvalue weighted by Crippen LogP contribution is 2.34. The number of allylic oxidation sites excluding steroid dienone is 4. The molecular weight excluding hydrogens is 212 g/mol. The molecule has 0 fully saturated rings. The molecule has 0 aromatic rings. The van der Waals surface area contributed by atoms with Crippen LogP contribution in [0.5, 0.6) is 0 Å². The first-order valence-electron chi connectivity index (χ1n) is 6.45. The smallest absolute Gasteiger partial charge is 0.145 e. The molecule has 0 heterocycles. The van der Waals surface area contributed by atoms with E-state index in [1.807, 2.05) is 13.0 Å². The fourth-order valence-electron chi connectivity index (χ4n) is 2.38. The van der Waals surface area contributed by atoms with Gasteiger partial charge in [0.15, 0.2) is 0 Å². The summed E-state index contributed by atoms with van der Waals surface area (Å²) in [7, 11) is 0. The zero-order valence-electron chi connectivity index (χ0n) is 11.2. The van der Waals surface area contributed by atoms with Gasteiger partial charge in [-0.1, -0.05) is 17.7 Å². The molecule has 1 N–H and O–H groups in total. The molecule has 0 spiro atoms. The fourth-order valence-corrected chi connectivity index (χ4v) is 2.38. The van der Waals surface area contributed by atoms with Gasteiger partial charge in [0.2, 0.25) is 0 Å². The zero-order valence-corrected chi connectivity index (χ0v) is 11.2. The van der Waals surface area contributed by atoms with Crippen LogP contribution in [0.4, 0.5) is 0 Å². The number of hydrogen-bond donors (Lipinski definition) is 1. The monoisotopic (exact) mass is 236 g/mol. The Hall–Kier alpha value is -0.890. The predicted octanol–water partition coefficient (Wildman–Crippen LogP) is 3.41. The highest BCUT2D eigenvalue weighted by molar-refractivity contribution is 5.73. The summed E-state index contributed by atoms with van der Waals surface area (Å²) in [6, 6.07) is 0. The Morgan fingerprint density at radius 3 is 2.76 bits per heavy atom. The lowest BCUT2D eigenvalue weighted by atomic mass is 9.76. The van der Waals surface area contributed by atoms with Crippen LogP contribution >= 0.6 is 0 Å². The molecule has 0 saturated heterocycles. The molecule has 0 radical (unpaired) electrons. The van der Waals surface area contributed by atoms with Gasteiger partial charge in [-0.15, -0.1) is 0 Å². The maximum atomic E-state index is 10.6. The van der Waals surface area contributed by atoms with Gasteiger partial charge in [-0.05, 0) is 64.4 Å². The standard InChI is InChI=1S/C15H24O2/c1-12(2)5-4-10-15(3,17)14-8-6-13(11-16)7-9-14/h5-6,11,14,17H,4,7-10H2,1-3H3.